The van der Waals surface area contributed by atoms with Gasteiger partial charge in [0.05, 0.1) is 36.8 Å². The Labute approximate surface area is 347 Å². The number of quaternary nitrogens is 1. The van der Waals surface area contributed by atoms with Gasteiger partial charge < -0.3 is 25.3 Å². The highest BCUT2D eigenvalue weighted by molar-refractivity contribution is 5.93. The average Bonchev–Trinajstić information content (AvgIpc) is 3.25. The highest BCUT2D eigenvalue weighted by atomic mass is 16.3. The van der Waals surface area contributed by atoms with E-state index < -0.39 is 12.2 Å². The maximum absolute atomic E-state index is 14.0. The monoisotopic (exact) mass is 798 g/mol. The Morgan fingerprint density at radius 1 is 0.763 bits per heavy atom. The predicted octanol–water partition coefficient (Wildman–Crippen LogP) is 7.67. The van der Waals surface area contributed by atoms with E-state index >= 15 is 0 Å². The van der Waals surface area contributed by atoms with Crippen LogP contribution < -0.4 is 10.6 Å². The van der Waals surface area contributed by atoms with Crippen LogP contribution in [0, 0.1) is 23.7 Å². The first kappa shape index (κ1) is 40.9. The number of rotatable bonds is 14. The maximum atomic E-state index is 14.0. The highest BCUT2D eigenvalue weighted by Crippen LogP contribution is 2.47. The number of para-hydroxylation sites is 2. The molecule has 3 aromatic heterocycles. The van der Waals surface area contributed by atoms with Crippen LogP contribution in [0.5, 0.6) is 0 Å². The first-order chi connectivity index (χ1) is 28.7. The summed E-state index contributed by atoms with van der Waals surface area (Å²) in [5.74, 6) is 2.26. The SMILES string of the molecule is CCCC1CC(C(O)c2ccnc3ccccc23)N(CC(=O)Nc2cccc(NC(=O)C[N+]34CCC(CC3C(O)c3ccnc5ccccc35)C(CC)C4)n2)CC1CC. The first-order valence-electron chi connectivity index (χ1n) is 21.9. The molecular weight excluding hydrogens is 739 g/mol. The van der Waals surface area contributed by atoms with Crippen molar-refractivity contribution in [1.29, 1.82) is 0 Å². The summed E-state index contributed by atoms with van der Waals surface area (Å²) in [6.07, 6.45) is 8.92. The molecule has 0 saturated carbocycles. The number of hydrogen-bond donors (Lipinski definition) is 4. The van der Waals surface area contributed by atoms with Gasteiger partial charge in [0.2, 0.25) is 5.91 Å². The van der Waals surface area contributed by atoms with Crippen LogP contribution in [-0.2, 0) is 9.59 Å². The van der Waals surface area contributed by atoms with Gasteiger partial charge in [0, 0.05) is 54.5 Å². The van der Waals surface area contributed by atoms with Crippen molar-refractivity contribution in [1.82, 2.24) is 19.9 Å². The summed E-state index contributed by atoms with van der Waals surface area (Å²) in [5, 5.41) is 32.1. The van der Waals surface area contributed by atoms with E-state index in [0.29, 0.717) is 39.8 Å². The van der Waals surface area contributed by atoms with Crippen LogP contribution in [0.2, 0.25) is 0 Å². The van der Waals surface area contributed by atoms with Gasteiger partial charge in [-0.2, -0.15) is 0 Å². The lowest BCUT2D eigenvalue weighted by molar-refractivity contribution is -0.967. The van der Waals surface area contributed by atoms with Gasteiger partial charge in [0.1, 0.15) is 23.8 Å². The molecule has 5 aromatic rings. The molecule has 2 aromatic carbocycles. The highest BCUT2D eigenvalue weighted by Gasteiger charge is 2.55. The number of aromatic nitrogens is 3. The van der Waals surface area contributed by atoms with E-state index in [-0.39, 0.29) is 37.0 Å². The number of nitrogens with one attached hydrogen (secondary N) is 2. The molecule has 0 aliphatic carbocycles. The number of aliphatic hydroxyl groups excluding tert-OH is 2. The molecule has 2 bridgehead atoms. The number of carbonyl (C=O) groups is 2. The number of likely N-dealkylation sites (tertiary alicyclic amines) is 1. The Hall–Kier alpha value is -4.81. The number of fused-ring (bicyclic) bond motifs is 5. The van der Waals surface area contributed by atoms with Gasteiger partial charge in [-0.15, -0.1) is 0 Å². The minimum Gasteiger partial charge on any atom is -0.387 e. The van der Waals surface area contributed by atoms with Crippen LogP contribution in [0.3, 0.4) is 0 Å². The van der Waals surface area contributed by atoms with Crippen molar-refractivity contribution >= 4 is 45.3 Å². The molecule has 4 saturated heterocycles. The standard InChI is InChI=1S/C48H59N7O4/c1-4-12-33-25-41(47(58)37-19-22-49-39-15-9-7-13-35(37)39)54(27-31(33)5-2)28-45(56)52-43-17-11-18-44(51-43)53-46(57)30-55-24-21-34(32(6-3)29-55)26-42(55)48(59)38-20-23-50-40-16-10-8-14-36(38)40/h7-11,13-20,22-23,31-34,41-42,47-48,58-59H,4-6,12,21,24-30H2,1-3H3,(H-,51,52,53,56,57)/p+1. The molecule has 4 aliphatic rings. The Morgan fingerprint density at radius 2 is 1.39 bits per heavy atom. The van der Waals surface area contributed by atoms with Gasteiger partial charge in [-0.1, -0.05) is 82.5 Å². The van der Waals surface area contributed by atoms with Crippen LogP contribution in [-0.4, -0.2) is 91.2 Å². The molecule has 4 N–H and O–H groups in total. The Bertz CT molecular complexity index is 2260. The summed E-state index contributed by atoms with van der Waals surface area (Å²) < 4.78 is 0.533. The van der Waals surface area contributed by atoms with E-state index in [1.807, 2.05) is 60.7 Å². The number of amides is 2. The topological polar surface area (TPSA) is 141 Å². The zero-order chi connectivity index (χ0) is 41.1. The second kappa shape index (κ2) is 17.8. The number of benzene rings is 2. The number of anilines is 2. The van der Waals surface area contributed by atoms with Crippen LogP contribution in [0.1, 0.15) is 89.1 Å². The Kier molecular flexibility index (Phi) is 12.4. The van der Waals surface area contributed by atoms with Crippen molar-refractivity contribution in [2.75, 3.05) is 43.4 Å². The van der Waals surface area contributed by atoms with Gasteiger partial charge >= 0.3 is 0 Å². The van der Waals surface area contributed by atoms with Gasteiger partial charge in [-0.3, -0.25) is 24.5 Å². The number of pyridine rings is 3. The number of hydrogen-bond acceptors (Lipinski definition) is 8. The number of nitrogens with zero attached hydrogens (tertiary/aromatic N) is 5. The molecule has 0 radical (unpaired) electrons. The van der Waals surface area contributed by atoms with Gasteiger partial charge in [-0.25, -0.2) is 4.98 Å². The fourth-order valence-electron chi connectivity index (χ4n) is 11.2. The van der Waals surface area contributed by atoms with E-state index in [1.54, 1.807) is 30.6 Å². The molecule has 310 valence electrons. The largest absolute Gasteiger partial charge is 0.387 e. The molecule has 11 nitrogen and oxygen atoms in total. The second-order valence-electron chi connectivity index (χ2n) is 17.5. The zero-order valence-electron chi connectivity index (χ0n) is 34.7. The van der Waals surface area contributed by atoms with Crippen molar-refractivity contribution in [2.45, 2.75) is 90.0 Å². The van der Waals surface area contributed by atoms with E-state index in [4.69, 9.17) is 0 Å². The molecule has 4 aliphatic heterocycles. The third kappa shape index (κ3) is 8.48. The molecule has 9 unspecified atom stereocenters. The van der Waals surface area contributed by atoms with Crippen molar-refractivity contribution < 1.29 is 24.3 Å². The van der Waals surface area contributed by atoms with E-state index in [0.717, 1.165) is 97.5 Å². The lowest BCUT2D eigenvalue weighted by Crippen LogP contribution is -2.70. The van der Waals surface area contributed by atoms with Crippen molar-refractivity contribution in [3.63, 3.8) is 0 Å². The van der Waals surface area contributed by atoms with Gasteiger partial charge in [0.15, 0.2) is 6.54 Å². The zero-order valence-corrected chi connectivity index (χ0v) is 34.7. The minimum absolute atomic E-state index is 0.106. The summed E-state index contributed by atoms with van der Waals surface area (Å²) in [4.78, 5) is 43.7. The fourth-order valence-corrected chi connectivity index (χ4v) is 11.2. The summed E-state index contributed by atoms with van der Waals surface area (Å²) in [6, 6.07) is 24.5. The van der Waals surface area contributed by atoms with Gasteiger partial charge in [-0.05, 0) is 78.1 Å². The average molecular weight is 799 g/mol. The molecule has 9 atom stereocenters. The molecule has 59 heavy (non-hydrogen) atoms. The lowest BCUT2D eigenvalue weighted by atomic mass is 9.70. The van der Waals surface area contributed by atoms with Crippen molar-refractivity contribution in [3.05, 3.63) is 102 Å². The maximum Gasteiger partial charge on any atom is 0.280 e. The smallest absolute Gasteiger partial charge is 0.280 e. The van der Waals surface area contributed by atoms with Crippen LogP contribution >= 0.6 is 0 Å². The first-order valence-corrected chi connectivity index (χ1v) is 21.9. The quantitative estimate of drug-likeness (QED) is 0.0840. The fraction of sp³-hybridized carbons (Fsp3) is 0.479. The van der Waals surface area contributed by atoms with E-state index in [9.17, 15) is 19.8 Å². The number of piperidine rings is 4. The third-order valence-electron chi connectivity index (χ3n) is 14.1. The molecule has 9 rings (SSSR count). The van der Waals surface area contributed by atoms with E-state index in [2.05, 4.69) is 51.3 Å². The Balaban J connectivity index is 0.966. The summed E-state index contributed by atoms with van der Waals surface area (Å²) in [6.45, 7) is 9.41. The molecule has 11 heteroatoms. The predicted molar refractivity (Wildman–Crippen MR) is 232 cm³/mol. The minimum atomic E-state index is -0.793. The number of aliphatic hydroxyl groups is 2. The molecule has 0 spiro atoms. The number of carbonyl (C=O) groups excluding carboxylic acids is 2. The summed E-state index contributed by atoms with van der Waals surface area (Å²) >= 11 is 0. The van der Waals surface area contributed by atoms with Crippen LogP contribution in [0.4, 0.5) is 11.6 Å². The van der Waals surface area contributed by atoms with Gasteiger partial charge in [0.25, 0.3) is 5.91 Å². The van der Waals surface area contributed by atoms with Crippen LogP contribution in [0.25, 0.3) is 21.8 Å². The third-order valence-corrected chi connectivity index (χ3v) is 14.1. The molecule has 7 heterocycles. The van der Waals surface area contributed by atoms with Crippen molar-refractivity contribution in [2.24, 2.45) is 23.7 Å². The van der Waals surface area contributed by atoms with Crippen LogP contribution in [0.15, 0.2) is 91.3 Å². The lowest BCUT2D eigenvalue weighted by Gasteiger charge is -2.58. The van der Waals surface area contributed by atoms with Crippen molar-refractivity contribution in [3.8, 4) is 0 Å². The summed E-state index contributed by atoms with van der Waals surface area (Å²) in [5.41, 5.74) is 3.39. The second-order valence-corrected chi connectivity index (χ2v) is 17.5. The Morgan fingerprint density at radius 3 is 2.03 bits per heavy atom. The molecule has 4 fully saturated rings. The molecule has 2 amide bonds. The molecular formula is C48H60N7O4+. The normalized spacial score (nSPS) is 26.7. The summed E-state index contributed by atoms with van der Waals surface area (Å²) in [7, 11) is 0. The van der Waals surface area contributed by atoms with E-state index in [1.165, 1.54) is 0 Å².